The summed E-state index contributed by atoms with van der Waals surface area (Å²) in [5.74, 6) is -1.83. The number of fused-ring (bicyclic) bond motifs is 3. The van der Waals surface area contributed by atoms with Gasteiger partial charge >= 0.3 is 0 Å². The number of nitro benzene ring substituents is 6. The molecule has 25 nitrogen and oxygen atoms in total. The Kier molecular flexibility index (Phi) is 9.85. The van der Waals surface area contributed by atoms with E-state index < -0.39 is 154 Å². The lowest BCUT2D eigenvalue weighted by Gasteiger charge is -2.13. The number of hydrogen-bond acceptors (Lipinski definition) is 22. The molecule has 0 radical (unpaired) electrons. The fourth-order valence-corrected chi connectivity index (χ4v) is 12.5. The molecule has 3 aromatic heterocycles. The van der Waals surface area contributed by atoms with Gasteiger partial charge in [0.25, 0.3) is 48.4 Å². The molecular weight excluding hydrogens is 885 g/mol. The Labute approximate surface area is 327 Å². The lowest BCUT2D eigenvalue weighted by molar-refractivity contribution is -0.393. The Hall–Kier alpha value is -7.15. The van der Waals surface area contributed by atoms with Crippen molar-refractivity contribution < 1.29 is 46.4 Å². The van der Waals surface area contributed by atoms with Crippen molar-refractivity contribution in [3.8, 4) is 0 Å². The molecule has 0 N–H and O–H groups in total. The van der Waals surface area contributed by atoms with Crippen LogP contribution in [0.5, 0.6) is 0 Å². The first kappa shape index (κ1) is 40.5. The Morgan fingerprint density at radius 3 is 1.28 bits per heavy atom. The van der Waals surface area contributed by atoms with Crippen LogP contribution in [0.1, 0.15) is 5.56 Å². The molecule has 0 aliphatic heterocycles. The van der Waals surface area contributed by atoms with E-state index >= 15 is 0 Å². The molecule has 296 valence electrons. The average molecular weight is 895 g/mol. The maximum atomic E-state index is 14.4. The van der Waals surface area contributed by atoms with Gasteiger partial charge in [-0.25, -0.2) is 16.8 Å². The van der Waals surface area contributed by atoms with Gasteiger partial charge in [0.05, 0.1) is 53.5 Å². The first-order valence-electron chi connectivity index (χ1n) is 14.7. The molecular formula is C28H10N6O19S5. The first-order chi connectivity index (χ1) is 26.9. The molecule has 0 fully saturated rings. The minimum absolute atomic E-state index is 0.0748. The third-order valence-electron chi connectivity index (χ3n) is 8.01. The van der Waals surface area contributed by atoms with Gasteiger partial charge in [-0.15, -0.1) is 0 Å². The predicted octanol–water partition coefficient (Wildman–Crippen LogP) is 4.67. The minimum Gasteiger partial charge on any atom is -0.276 e. The van der Waals surface area contributed by atoms with Crippen molar-refractivity contribution in [2.24, 2.45) is 0 Å². The molecule has 0 amide bonds. The molecule has 0 bridgehead atoms. The highest BCUT2D eigenvalue weighted by molar-refractivity contribution is 7.92. The van der Waals surface area contributed by atoms with E-state index in [1.807, 2.05) is 0 Å². The number of nitrogens with zero attached hydrogens (tertiary/aromatic N) is 6. The van der Waals surface area contributed by atoms with E-state index in [1.54, 1.807) is 0 Å². The molecule has 3 aromatic carbocycles. The minimum atomic E-state index is -5.75. The second kappa shape index (κ2) is 14.1. The number of benzene rings is 3. The number of hydrogen-bond donors (Lipinski definition) is 0. The first-order valence-corrected chi connectivity index (χ1v) is 20.2. The molecule has 58 heavy (non-hydrogen) atoms. The molecule has 0 aliphatic carbocycles. The summed E-state index contributed by atoms with van der Waals surface area (Å²) in [7, 11) is -11.2. The van der Waals surface area contributed by atoms with Crippen LogP contribution in [-0.2, 0) is 25.4 Å². The molecule has 0 saturated carbocycles. The lowest BCUT2D eigenvalue weighted by atomic mass is 10.1. The normalized spacial score (nSPS) is 11.8. The average Bonchev–Trinajstić information content (AvgIpc) is 3.12. The van der Waals surface area contributed by atoms with Gasteiger partial charge in [0, 0.05) is 39.9 Å². The summed E-state index contributed by atoms with van der Waals surface area (Å²) in [6, 6.07) is 3.98. The Morgan fingerprint density at radius 2 is 0.845 bits per heavy atom. The van der Waals surface area contributed by atoms with Gasteiger partial charge in [-0.2, -0.15) is 0 Å². The molecule has 30 heteroatoms. The summed E-state index contributed by atoms with van der Waals surface area (Å²) in [5.41, 5.74) is -7.44. The Bertz CT molecular complexity index is 3400. The topological polar surface area (TPSA) is 378 Å². The monoisotopic (exact) mass is 894 g/mol. The maximum absolute atomic E-state index is 14.4. The van der Waals surface area contributed by atoms with Crippen LogP contribution in [0, 0.1) is 60.7 Å². The van der Waals surface area contributed by atoms with Crippen molar-refractivity contribution in [1.82, 2.24) is 0 Å². The fourth-order valence-electron chi connectivity index (χ4n) is 5.60. The third kappa shape index (κ3) is 6.84. The Balaban J connectivity index is 1.72. The van der Waals surface area contributed by atoms with Crippen LogP contribution in [0.15, 0.2) is 77.6 Å². The van der Waals surface area contributed by atoms with E-state index in [9.17, 15) is 91.9 Å². The second-order valence-electron chi connectivity index (χ2n) is 11.4. The highest BCUT2D eigenvalue weighted by Gasteiger charge is 2.36. The molecule has 0 aliphatic rings. The zero-order valence-electron chi connectivity index (χ0n) is 27.3. The summed E-state index contributed by atoms with van der Waals surface area (Å²) < 4.78 is 50.5. The van der Waals surface area contributed by atoms with E-state index in [0.717, 1.165) is 0 Å². The highest BCUT2D eigenvalue weighted by atomic mass is 32.2. The summed E-state index contributed by atoms with van der Waals surface area (Å²) in [6.45, 7) is 0. The van der Waals surface area contributed by atoms with Crippen LogP contribution in [0.2, 0.25) is 0 Å². The van der Waals surface area contributed by atoms with Gasteiger partial charge < -0.3 is 0 Å². The van der Waals surface area contributed by atoms with Gasteiger partial charge in [0.1, 0.15) is 28.8 Å². The third-order valence-corrected chi connectivity index (χ3v) is 15.0. The van der Waals surface area contributed by atoms with Crippen LogP contribution < -0.4 is 14.2 Å². The molecule has 0 spiro atoms. The number of nitro groups is 6. The largest absolute Gasteiger partial charge is 0.294 e. The predicted molar refractivity (Wildman–Crippen MR) is 201 cm³/mol. The molecule has 0 atom stereocenters. The molecule has 0 unspecified atom stereocenters. The zero-order valence-corrected chi connectivity index (χ0v) is 31.4. The van der Waals surface area contributed by atoms with E-state index in [2.05, 4.69) is 0 Å². The summed E-state index contributed by atoms with van der Waals surface area (Å²) in [6.07, 6.45) is 0. The lowest BCUT2D eigenvalue weighted by Crippen LogP contribution is -2.23. The van der Waals surface area contributed by atoms with Crippen LogP contribution in [-0.4, -0.2) is 46.4 Å². The fraction of sp³-hybridized carbons (Fsp3) is 0.0357. The molecule has 6 aromatic rings. The summed E-state index contributed by atoms with van der Waals surface area (Å²) in [4.78, 5) is 99.7. The number of non-ortho nitro benzene ring substituents is 6. The summed E-state index contributed by atoms with van der Waals surface area (Å²) >= 11 is -0.414. The van der Waals surface area contributed by atoms with Crippen molar-refractivity contribution >= 4 is 118 Å². The van der Waals surface area contributed by atoms with Gasteiger partial charge in [-0.1, -0.05) is 34.0 Å². The standard InChI is InChI=1S/C28H10N6O19S5/c35-26-20(3-10-1-12(29(38)39)6-17(32(44)45)22(10)54-26)57(50,51)9-16-15-5-14(31(42)43)8-19(34(48)49)24(15)56-28(37)25(16)58(52,53)21-4-11-2-13(30(40)41)7-18(33(46)47)23(11)55-27(21)36/h1-8H,9H2. The molecule has 0 saturated heterocycles. The van der Waals surface area contributed by atoms with Gasteiger partial charge in [0.2, 0.25) is 9.84 Å². The number of sulfone groups is 2. The molecule has 6 rings (SSSR count). The second-order valence-corrected chi connectivity index (χ2v) is 18.2. The van der Waals surface area contributed by atoms with Gasteiger partial charge in [0.15, 0.2) is 9.84 Å². The Morgan fingerprint density at radius 1 is 0.466 bits per heavy atom. The van der Waals surface area contributed by atoms with Crippen LogP contribution in [0.3, 0.4) is 0 Å². The van der Waals surface area contributed by atoms with E-state index in [-0.39, 0.29) is 34.0 Å². The van der Waals surface area contributed by atoms with Gasteiger partial charge in [-0.3, -0.25) is 75.1 Å². The van der Waals surface area contributed by atoms with Crippen molar-refractivity contribution in [3.63, 3.8) is 0 Å². The van der Waals surface area contributed by atoms with Crippen molar-refractivity contribution in [1.29, 1.82) is 0 Å². The molecule has 3 heterocycles. The van der Waals surface area contributed by atoms with E-state index in [1.165, 1.54) is 0 Å². The van der Waals surface area contributed by atoms with E-state index in [0.29, 0.717) is 48.5 Å². The summed E-state index contributed by atoms with van der Waals surface area (Å²) in [5, 5.41) is 68.2. The van der Waals surface area contributed by atoms with Crippen molar-refractivity contribution in [3.05, 3.63) is 143 Å². The number of rotatable bonds is 11. The van der Waals surface area contributed by atoms with Crippen LogP contribution >= 0.6 is 34.0 Å². The van der Waals surface area contributed by atoms with Crippen LogP contribution in [0.4, 0.5) is 34.1 Å². The van der Waals surface area contributed by atoms with E-state index in [4.69, 9.17) is 0 Å². The maximum Gasteiger partial charge on any atom is 0.294 e. The van der Waals surface area contributed by atoms with Crippen molar-refractivity contribution in [2.75, 3.05) is 0 Å². The highest BCUT2D eigenvalue weighted by Crippen LogP contribution is 2.41. The van der Waals surface area contributed by atoms with Crippen molar-refractivity contribution in [2.45, 2.75) is 20.4 Å². The SMILES string of the molecule is O=c1sc2c([N+](=O)[O-])cc([N+](=O)[O-])cc2cc1S(=O)(=O)Cc1c(S(=O)(=O)c2cc3cc([N+](=O)[O-])cc([N+](=O)[O-])c3sc2=O)c(=O)sc2c([N+](=O)[O-])cc([N+](=O)[O-])cc12. The quantitative estimate of drug-likeness (QED) is 0.126. The smallest absolute Gasteiger partial charge is 0.276 e. The van der Waals surface area contributed by atoms with Gasteiger partial charge in [-0.05, 0) is 12.1 Å². The van der Waals surface area contributed by atoms with Crippen LogP contribution in [0.25, 0.3) is 30.3 Å². The zero-order chi connectivity index (χ0) is 42.9.